The Morgan fingerprint density at radius 3 is 3.24 bits per heavy atom. The molecule has 6 nitrogen and oxygen atoms in total. The summed E-state index contributed by atoms with van der Waals surface area (Å²) in [4.78, 5) is 11.7. The molecule has 1 fully saturated rings. The Kier molecular flexibility index (Phi) is 2.80. The zero-order valence-electron chi connectivity index (χ0n) is 9.69. The van der Waals surface area contributed by atoms with Crippen molar-refractivity contribution in [2.24, 2.45) is 0 Å². The zero-order valence-corrected chi connectivity index (χ0v) is 9.69. The van der Waals surface area contributed by atoms with Crippen LogP contribution in [0.5, 0.6) is 0 Å². The van der Waals surface area contributed by atoms with Crippen LogP contribution in [-0.4, -0.2) is 33.4 Å². The molecule has 1 atom stereocenters. The fraction of sp³-hybridized carbons (Fsp3) is 0.727. The van der Waals surface area contributed by atoms with Gasteiger partial charge in [-0.05, 0) is 19.3 Å². The second-order valence-electron chi connectivity index (χ2n) is 4.51. The number of carbonyl (C=O) groups is 1. The van der Waals surface area contributed by atoms with Gasteiger partial charge in [0.15, 0.2) is 5.82 Å². The molecule has 0 radical (unpaired) electrons. The third-order valence-electron chi connectivity index (χ3n) is 3.33. The van der Waals surface area contributed by atoms with Gasteiger partial charge in [0.1, 0.15) is 11.9 Å². The Bertz CT molecular complexity index is 423. The Hall–Kier alpha value is -1.43. The van der Waals surface area contributed by atoms with Crippen molar-refractivity contribution in [3.05, 3.63) is 11.6 Å². The zero-order chi connectivity index (χ0) is 11.7. The maximum Gasteiger partial charge on any atom is 0.249 e. The summed E-state index contributed by atoms with van der Waals surface area (Å²) in [5, 5.41) is 11.1. The van der Waals surface area contributed by atoms with Gasteiger partial charge in [0, 0.05) is 19.6 Å². The molecule has 0 bridgehead atoms. The summed E-state index contributed by atoms with van der Waals surface area (Å²) in [6.45, 7) is 2.11. The van der Waals surface area contributed by atoms with E-state index in [1.807, 2.05) is 0 Å². The lowest BCUT2D eigenvalue weighted by molar-refractivity contribution is -0.130. The lowest BCUT2D eigenvalue weighted by Gasteiger charge is -2.10. The van der Waals surface area contributed by atoms with Crippen molar-refractivity contribution in [1.82, 2.24) is 20.1 Å². The van der Waals surface area contributed by atoms with E-state index in [1.54, 1.807) is 0 Å². The molecular weight excluding hydrogens is 220 g/mol. The van der Waals surface area contributed by atoms with Crippen LogP contribution in [0.3, 0.4) is 0 Å². The van der Waals surface area contributed by atoms with Crippen LogP contribution in [-0.2, 0) is 29.0 Å². The first-order chi connectivity index (χ1) is 8.34. The smallest absolute Gasteiger partial charge is 0.249 e. The molecule has 1 saturated heterocycles. The van der Waals surface area contributed by atoms with E-state index in [0.717, 1.165) is 43.9 Å². The molecule has 0 spiro atoms. The maximum atomic E-state index is 11.7. The van der Waals surface area contributed by atoms with Crippen molar-refractivity contribution in [2.75, 3.05) is 6.61 Å². The topological polar surface area (TPSA) is 69.0 Å². The second-order valence-corrected chi connectivity index (χ2v) is 4.51. The van der Waals surface area contributed by atoms with E-state index in [9.17, 15) is 4.79 Å². The molecule has 2 aliphatic rings. The van der Waals surface area contributed by atoms with E-state index in [-0.39, 0.29) is 12.0 Å². The molecule has 1 amide bonds. The minimum atomic E-state index is -0.268. The molecular formula is C11H16N4O2. The Morgan fingerprint density at radius 1 is 1.47 bits per heavy atom. The number of carbonyl (C=O) groups excluding carboxylic acids is 1. The Morgan fingerprint density at radius 2 is 2.41 bits per heavy atom. The summed E-state index contributed by atoms with van der Waals surface area (Å²) in [5.41, 5.74) is 0. The maximum absolute atomic E-state index is 11.7. The first-order valence-corrected chi connectivity index (χ1v) is 6.15. The molecule has 0 aromatic carbocycles. The molecule has 92 valence electrons. The average molecular weight is 236 g/mol. The molecule has 0 aliphatic carbocycles. The first kappa shape index (κ1) is 10.7. The van der Waals surface area contributed by atoms with Gasteiger partial charge < -0.3 is 14.6 Å². The van der Waals surface area contributed by atoms with Gasteiger partial charge in [0.2, 0.25) is 5.91 Å². The quantitative estimate of drug-likeness (QED) is 0.803. The van der Waals surface area contributed by atoms with Gasteiger partial charge >= 0.3 is 0 Å². The predicted molar refractivity (Wildman–Crippen MR) is 59.2 cm³/mol. The number of aromatic nitrogens is 3. The molecule has 1 N–H and O–H groups in total. The monoisotopic (exact) mass is 236 g/mol. The van der Waals surface area contributed by atoms with Gasteiger partial charge in [0.25, 0.3) is 0 Å². The SMILES string of the molecule is O=C(NCc1nnc2n1CCC2)C1CCCO1. The summed E-state index contributed by atoms with van der Waals surface area (Å²) in [6, 6.07) is 0. The molecule has 0 saturated carbocycles. The van der Waals surface area contributed by atoms with Crippen molar-refractivity contribution in [1.29, 1.82) is 0 Å². The Labute approximate surface area is 99.4 Å². The van der Waals surface area contributed by atoms with Crippen LogP contribution >= 0.6 is 0 Å². The molecule has 1 aromatic heterocycles. The summed E-state index contributed by atoms with van der Waals surface area (Å²) >= 11 is 0. The van der Waals surface area contributed by atoms with E-state index in [2.05, 4.69) is 20.1 Å². The summed E-state index contributed by atoms with van der Waals surface area (Å²) in [5.74, 6) is 1.85. The van der Waals surface area contributed by atoms with Crippen molar-refractivity contribution in [2.45, 2.75) is 44.9 Å². The van der Waals surface area contributed by atoms with E-state index < -0.39 is 0 Å². The van der Waals surface area contributed by atoms with E-state index in [4.69, 9.17) is 4.74 Å². The summed E-state index contributed by atoms with van der Waals surface area (Å²) in [6.07, 6.45) is 3.64. The molecule has 17 heavy (non-hydrogen) atoms. The molecule has 2 aliphatic heterocycles. The summed E-state index contributed by atoms with van der Waals surface area (Å²) < 4.78 is 7.42. The van der Waals surface area contributed by atoms with Crippen LogP contribution in [0.4, 0.5) is 0 Å². The fourth-order valence-electron chi connectivity index (χ4n) is 2.41. The highest BCUT2D eigenvalue weighted by Crippen LogP contribution is 2.14. The molecule has 1 aromatic rings. The van der Waals surface area contributed by atoms with Gasteiger partial charge in [-0.1, -0.05) is 0 Å². The number of rotatable bonds is 3. The third kappa shape index (κ3) is 2.04. The number of hydrogen-bond acceptors (Lipinski definition) is 4. The number of amides is 1. The van der Waals surface area contributed by atoms with Gasteiger partial charge in [-0.3, -0.25) is 4.79 Å². The van der Waals surface area contributed by atoms with Crippen molar-refractivity contribution in [3.63, 3.8) is 0 Å². The fourth-order valence-corrected chi connectivity index (χ4v) is 2.41. The predicted octanol–water partition coefficient (Wildman–Crippen LogP) is 0.0195. The van der Waals surface area contributed by atoms with Crippen LogP contribution in [0.15, 0.2) is 0 Å². The Balaban J connectivity index is 1.58. The average Bonchev–Trinajstić information content (AvgIpc) is 3.03. The standard InChI is InChI=1S/C11H16N4O2/c16-11(8-3-2-6-17-8)12-7-10-14-13-9-4-1-5-15(9)10/h8H,1-7H2,(H,12,16). The van der Waals surface area contributed by atoms with Crippen molar-refractivity contribution >= 4 is 5.91 Å². The highest BCUT2D eigenvalue weighted by Gasteiger charge is 2.24. The minimum Gasteiger partial charge on any atom is -0.368 e. The number of nitrogens with zero attached hydrogens (tertiary/aromatic N) is 3. The molecule has 3 heterocycles. The van der Waals surface area contributed by atoms with Crippen LogP contribution in [0, 0.1) is 0 Å². The van der Waals surface area contributed by atoms with Gasteiger partial charge in [0.05, 0.1) is 6.54 Å². The molecule has 3 rings (SSSR count). The number of ether oxygens (including phenoxy) is 1. The normalized spacial score (nSPS) is 22.7. The third-order valence-corrected chi connectivity index (χ3v) is 3.33. The highest BCUT2D eigenvalue weighted by molar-refractivity contribution is 5.80. The number of hydrogen-bond donors (Lipinski definition) is 1. The second kappa shape index (κ2) is 4.44. The van der Waals surface area contributed by atoms with Crippen LogP contribution in [0.25, 0.3) is 0 Å². The van der Waals surface area contributed by atoms with E-state index in [1.165, 1.54) is 0 Å². The first-order valence-electron chi connectivity index (χ1n) is 6.15. The minimum absolute atomic E-state index is 0.0298. The highest BCUT2D eigenvalue weighted by atomic mass is 16.5. The summed E-state index contributed by atoms with van der Waals surface area (Å²) in [7, 11) is 0. The van der Waals surface area contributed by atoms with E-state index in [0.29, 0.717) is 13.2 Å². The number of nitrogens with one attached hydrogen (secondary N) is 1. The van der Waals surface area contributed by atoms with E-state index >= 15 is 0 Å². The molecule has 6 heteroatoms. The van der Waals surface area contributed by atoms with Crippen LogP contribution in [0.1, 0.15) is 30.9 Å². The lowest BCUT2D eigenvalue weighted by atomic mass is 10.2. The van der Waals surface area contributed by atoms with Crippen LogP contribution < -0.4 is 5.32 Å². The molecule has 1 unspecified atom stereocenters. The van der Waals surface area contributed by atoms with Crippen LogP contribution in [0.2, 0.25) is 0 Å². The number of aryl methyl sites for hydroxylation is 1. The lowest BCUT2D eigenvalue weighted by Crippen LogP contribution is -2.34. The van der Waals surface area contributed by atoms with Crippen molar-refractivity contribution < 1.29 is 9.53 Å². The van der Waals surface area contributed by atoms with Gasteiger partial charge in [-0.15, -0.1) is 10.2 Å². The van der Waals surface area contributed by atoms with Gasteiger partial charge in [-0.25, -0.2) is 0 Å². The van der Waals surface area contributed by atoms with Gasteiger partial charge in [-0.2, -0.15) is 0 Å². The number of fused-ring (bicyclic) bond motifs is 1. The largest absolute Gasteiger partial charge is 0.368 e. The van der Waals surface area contributed by atoms with Crippen molar-refractivity contribution in [3.8, 4) is 0 Å².